The molecular formula is C17H24FNO2. The molecule has 1 aliphatic heterocycles. The monoisotopic (exact) mass is 293 g/mol. The molecule has 1 amide bonds. The number of rotatable bonds is 3. The third-order valence-corrected chi connectivity index (χ3v) is 4.03. The maximum absolute atomic E-state index is 12.9. The number of ether oxygens (including phenoxy) is 1. The normalized spacial score (nSPS) is 22.9. The second-order valence-electron chi connectivity index (χ2n) is 6.61. The largest absolute Gasteiger partial charge is 0.374 e. The summed E-state index contributed by atoms with van der Waals surface area (Å²) in [5.74, 6) is -0.236. The first-order valence-corrected chi connectivity index (χ1v) is 7.47. The average molecular weight is 293 g/mol. The minimum atomic E-state index is -0.277. The van der Waals surface area contributed by atoms with Crippen LogP contribution in [0, 0.1) is 11.7 Å². The molecule has 4 heteroatoms. The second kappa shape index (κ2) is 6.14. The van der Waals surface area contributed by atoms with Crippen molar-refractivity contribution in [1.29, 1.82) is 0 Å². The summed E-state index contributed by atoms with van der Waals surface area (Å²) >= 11 is 0. The predicted octanol–water partition coefficient (Wildman–Crippen LogP) is 3.03. The number of carbonyl (C=O) groups excluding carboxylic acids is 1. The quantitative estimate of drug-likeness (QED) is 0.857. The van der Waals surface area contributed by atoms with Crippen LogP contribution in [0.25, 0.3) is 0 Å². The van der Waals surface area contributed by atoms with Crippen molar-refractivity contribution in [3.63, 3.8) is 0 Å². The molecule has 21 heavy (non-hydrogen) atoms. The Hall–Kier alpha value is -1.42. The molecule has 116 valence electrons. The summed E-state index contributed by atoms with van der Waals surface area (Å²) in [5.41, 5.74) is 0.706. The molecule has 1 heterocycles. The van der Waals surface area contributed by atoms with Crippen molar-refractivity contribution < 1.29 is 13.9 Å². The highest BCUT2D eigenvalue weighted by Crippen LogP contribution is 2.25. The van der Waals surface area contributed by atoms with Gasteiger partial charge in [0, 0.05) is 12.5 Å². The van der Waals surface area contributed by atoms with Crippen LogP contribution in [0.4, 0.5) is 4.39 Å². The van der Waals surface area contributed by atoms with E-state index < -0.39 is 0 Å². The standard InChI is InChI=1S/C17H24FNO2/c1-12(9-14-5-7-15(18)8-6-14)16(20)19-10-13(2)21-11-17(19,3)4/h5-8,12-13H,9-11H2,1-4H3. The van der Waals surface area contributed by atoms with E-state index in [1.165, 1.54) is 12.1 Å². The van der Waals surface area contributed by atoms with Gasteiger partial charge in [0.05, 0.1) is 18.2 Å². The Morgan fingerprint density at radius 1 is 1.43 bits per heavy atom. The number of nitrogens with zero attached hydrogens (tertiary/aromatic N) is 1. The molecule has 3 nitrogen and oxygen atoms in total. The van der Waals surface area contributed by atoms with Crippen LogP contribution in [0.2, 0.25) is 0 Å². The van der Waals surface area contributed by atoms with Crippen molar-refractivity contribution in [2.45, 2.75) is 45.8 Å². The van der Waals surface area contributed by atoms with E-state index in [2.05, 4.69) is 0 Å². The Bertz CT molecular complexity index is 498. The number of carbonyl (C=O) groups is 1. The summed E-state index contributed by atoms with van der Waals surface area (Å²) in [7, 11) is 0. The zero-order valence-corrected chi connectivity index (χ0v) is 13.2. The molecule has 0 aliphatic carbocycles. The Kier molecular flexibility index (Phi) is 4.67. The summed E-state index contributed by atoms with van der Waals surface area (Å²) in [6.07, 6.45) is 0.695. The van der Waals surface area contributed by atoms with Crippen molar-refractivity contribution in [1.82, 2.24) is 4.90 Å². The minimum absolute atomic E-state index is 0.0694. The van der Waals surface area contributed by atoms with Crippen molar-refractivity contribution in [3.05, 3.63) is 35.6 Å². The maximum atomic E-state index is 12.9. The van der Waals surface area contributed by atoms with Crippen LogP contribution in [0.5, 0.6) is 0 Å². The van der Waals surface area contributed by atoms with Gasteiger partial charge in [0.25, 0.3) is 0 Å². The topological polar surface area (TPSA) is 29.5 Å². The Balaban J connectivity index is 2.05. The fourth-order valence-electron chi connectivity index (χ4n) is 2.70. The van der Waals surface area contributed by atoms with Gasteiger partial charge in [0.15, 0.2) is 0 Å². The number of amides is 1. The Morgan fingerprint density at radius 2 is 2.05 bits per heavy atom. The molecule has 0 spiro atoms. The van der Waals surface area contributed by atoms with E-state index in [1.807, 2.05) is 32.6 Å². The third-order valence-electron chi connectivity index (χ3n) is 4.03. The van der Waals surface area contributed by atoms with Gasteiger partial charge >= 0.3 is 0 Å². The molecule has 1 aliphatic rings. The molecule has 2 atom stereocenters. The van der Waals surface area contributed by atoms with Crippen molar-refractivity contribution in [3.8, 4) is 0 Å². The van der Waals surface area contributed by atoms with E-state index in [-0.39, 0.29) is 29.3 Å². The van der Waals surface area contributed by atoms with Crippen LogP contribution >= 0.6 is 0 Å². The van der Waals surface area contributed by atoms with Gasteiger partial charge in [0.1, 0.15) is 5.82 Å². The predicted molar refractivity (Wildman–Crippen MR) is 80.5 cm³/mol. The third kappa shape index (κ3) is 3.82. The minimum Gasteiger partial charge on any atom is -0.374 e. The molecule has 1 aromatic rings. The van der Waals surface area contributed by atoms with E-state index in [0.29, 0.717) is 19.6 Å². The SMILES string of the molecule is CC1CN(C(=O)C(C)Cc2ccc(F)cc2)C(C)(C)CO1. The number of halogens is 1. The Morgan fingerprint density at radius 3 is 2.67 bits per heavy atom. The molecule has 1 aromatic carbocycles. The van der Waals surface area contributed by atoms with E-state index in [0.717, 1.165) is 5.56 Å². The van der Waals surface area contributed by atoms with Crippen LogP contribution in [0.1, 0.15) is 33.3 Å². The summed E-state index contributed by atoms with van der Waals surface area (Å²) < 4.78 is 18.6. The molecule has 0 N–H and O–H groups in total. The lowest BCUT2D eigenvalue weighted by atomic mass is 9.94. The van der Waals surface area contributed by atoms with Gasteiger partial charge in [0.2, 0.25) is 5.91 Å². The molecule has 2 rings (SSSR count). The number of benzene rings is 1. The molecule has 2 unspecified atom stereocenters. The van der Waals surface area contributed by atoms with Crippen LogP contribution in [-0.2, 0) is 16.0 Å². The number of morpholine rings is 1. The lowest BCUT2D eigenvalue weighted by Gasteiger charge is -2.45. The Labute approximate surface area is 126 Å². The molecule has 0 saturated carbocycles. The molecule has 0 bridgehead atoms. The summed E-state index contributed by atoms with van der Waals surface area (Å²) in [6, 6.07) is 6.36. The number of hydrogen-bond donors (Lipinski definition) is 0. The summed E-state index contributed by atoms with van der Waals surface area (Å²) in [6.45, 7) is 9.16. The van der Waals surface area contributed by atoms with Gasteiger partial charge in [-0.1, -0.05) is 19.1 Å². The van der Waals surface area contributed by atoms with Crippen LogP contribution < -0.4 is 0 Å². The molecular weight excluding hydrogens is 269 g/mol. The zero-order valence-electron chi connectivity index (χ0n) is 13.2. The molecule has 1 saturated heterocycles. The van der Waals surface area contributed by atoms with Gasteiger partial charge in [-0.2, -0.15) is 0 Å². The molecule has 1 fully saturated rings. The fraction of sp³-hybridized carbons (Fsp3) is 0.588. The highest BCUT2D eigenvalue weighted by atomic mass is 19.1. The second-order valence-corrected chi connectivity index (χ2v) is 6.61. The van der Waals surface area contributed by atoms with Gasteiger partial charge in [-0.05, 0) is 44.9 Å². The van der Waals surface area contributed by atoms with Crippen LogP contribution in [-0.4, -0.2) is 35.6 Å². The molecule has 0 aromatic heterocycles. The smallest absolute Gasteiger partial charge is 0.226 e. The van der Waals surface area contributed by atoms with Crippen LogP contribution in [0.15, 0.2) is 24.3 Å². The van der Waals surface area contributed by atoms with E-state index in [9.17, 15) is 9.18 Å². The fourth-order valence-corrected chi connectivity index (χ4v) is 2.70. The van der Waals surface area contributed by atoms with E-state index in [4.69, 9.17) is 4.74 Å². The maximum Gasteiger partial charge on any atom is 0.226 e. The molecule has 0 radical (unpaired) electrons. The van der Waals surface area contributed by atoms with Crippen LogP contribution in [0.3, 0.4) is 0 Å². The first kappa shape index (κ1) is 16.0. The lowest BCUT2D eigenvalue weighted by Crippen LogP contribution is -2.59. The van der Waals surface area contributed by atoms with Gasteiger partial charge < -0.3 is 9.64 Å². The van der Waals surface area contributed by atoms with Gasteiger partial charge in [-0.25, -0.2) is 4.39 Å². The lowest BCUT2D eigenvalue weighted by molar-refractivity contribution is -0.156. The van der Waals surface area contributed by atoms with Crippen molar-refractivity contribution in [2.75, 3.05) is 13.2 Å². The highest BCUT2D eigenvalue weighted by Gasteiger charge is 2.38. The average Bonchev–Trinajstić information content (AvgIpc) is 2.43. The summed E-state index contributed by atoms with van der Waals surface area (Å²) in [5, 5.41) is 0. The number of hydrogen-bond acceptors (Lipinski definition) is 2. The van der Waals surface area contributed by atoms with Crippen molar-refractivity contribution >= 4 is 5.91 Å². The van der Waals surface area contributed by atoms with Gasteiger partial charge in [-0.3, -0.25) is 4.79 Å². The van der Waals surface area contributed by atoms with Gasteiger partial charge in [-0.15, -0.1) is 0 Å². The zero-order chi connectivity index (χ0) is 15.6. The summed E-state index contributed by atoms with van der Waals surface area (Å²) in [4.78, 5) is 14.7. The van der Waals surface area contributed by atoms with E-state index in [1.54, 1.807) is 12.1 Å². The van der Waals surface area contributed by atoms with Crippen molar-refractivity contribution in [2.24, 2.45) is 5.92 Å². The first-order chi connectivity index (χ1) is 9.79. The first-order valence-electron chi connectivity index (χ1n) is 7.47. The highest BCUT2D eigenvalue weighted by molar-refractivity contribution is 5.79. The van der Waals surface area contributed by atoms with E-state index >= 15 is 0 Å².